The molecule has 6 heteroatoms. The lowest BCUT2D eigenvalue weighted by Crippen LogP contribution is -2.24. The van der Waals surface area contributed by atoms with E-state index in [4.69, 9.17) is 0 Å². The quantitative estimate of drug-likeness (QED) is 0.147. The van der Waals surface area contributed by atoms with Gasteiger partial charge in [-0.3, -0.25) is 9.59 Å². The van der Waals surface area contributed by atoms with E-state index in [1.807, 2.05) is 43.3 Å². The molecule has 0 radical (unpaired) electrons. The summed E-state index contributed by atoms with van der Waals surface area (Å²) in [5.41, 5.74) is 4.03. The fourth-order valence-electron chi connectivity index (χ4n) is 4.66. The minimum Gasteiger partial charge on any atom is -0.338 e. The molecule has 3 aromatic rings. The Hall–Kier alpha value is -3.41. The first kappa shape index (κ1) is 30.1. The number of hydrogen-bond donors (Lipinski definition) is 3. The summed E-state index contributed by atoms with van der Waals surface area (Å²) in [7, 11) is 0. The Bertz CT molecular complexity index is 1210. The van der Waals surface area contributed by atoms with Crippen molar-refractivity contribution in [1.29, 1.82) is 0 Å². The largest absolute Gasteiger partial charge is 0.338 e. The van der Waals surface area contributed by atoms with Crippen molar-refractivity contribution in [2.75, 3.05) is 10.6 Å². The molecule has 3 N–H and O–H groups in total. The van der Waals surface area contributed by atoms with E-state index in [2.05, 4.69) is 60.4 Å². The Morgan fingerprint density at radius 1 is 1.00 bits per heavy atom. The third kappa shape index (κ3) is 9.38. The number of carbonyl (C=O) groups excluding carboxylic acids is 2. The van der Waals surface area contributed by atoms with E-state index < -0.39 is 0 Å². The second-order valence-electron chi connectivity index (χ2n) is 11.2. The molecule has 3 unspecified atom stereocenters. The SMILES string of the molecule is CC1CCCCCC1.CCC(C)/C=C\C(C)C(C)C(=O)Nc1ccc(-c2nc3ccc(NC=O)cc3[nH]2)cc1. The van der Waals surface area contributed by atoms with Crippen LogP contribution >= 0.6 is 0 Å². The number of fused-ring (bicyclic) bond motifs is 1. The molecule has 1 fully saturated rings. The summed E-state index contributed by atoms with van der Waals surface area (Å²) in [4.78, 5) is 31.1. The number of amides is 2. The number of anilines is 2. The van der Waals surface area contributed by atoms with Crippen molar-refractivity contribution in [2.24, 2.45) is 23.7 Å². The van der Waals surface area contributed by atoms with E-state index in [1.165, 1.54) is 38.5 Å². The summed E-state index contributed by atoms with van der Waals surface area (Å²) in [6, 6.07) is 13.1. The molecule has 6 nitrogen and oxygen atoms in total. The van der Waals surface area contributed by atoms with Gasteiger partial charge < -0.3 is 15.6 Å². The fraction of sp³-hybridized carbons (Fsp3) is 0.485. The number of nitrogens with one attached hydrogen (secondary N) is 3. The van der Waals surface area contributed by atoms with E-state index in [1.54, 1.807) is 6.07 Å². The normalized spacial score (nSPS) is 16.5. The Labute approximate surface area is 234 Å². The number of rotatable bonds is 9. The zero-order valence-electron chi connectivity index (χ0n) is 24.3. The van der Waals surface area contributed by atoms with Crippen LogP contribution in [0.2, 0.25) is 0 Å². The number of H-pyrrole nitrogens is 1. The summed E-state index contributed by atoms with van der Waals surface area (Å²) >= 11 is 0. The van der Waals surface area contributed by atoms with E-state index in [0.29, 0.717) is 18.0 Å². The highest BCUT2D eigenvalue weighted by Crippen LogP contribution is 2.25. The number of hydrogen-bond acceptors (Lipinski definition) is 3. The van der Waals surface area contributed by atoms with Crippen LogP contribution in [-0.4, -0.2) is 22.3 Å². The zero-order valence-corrected chi connectivity index (χ0v) is 24.3. The molecular formula is C33H46N4O2. The number of carbonyl (C=O) groups is 2. The van der Waals surface area contributed by atoms with Gasteiger partial charge in [0.05, 0.1) is 11.0 Å². The van der Waals surface area contributed by atoms with Crippen molar-refractivity contribution < 1.29 is 9.59 Å². The first-order chi connectivity index (χ1) is 18.8. The summed E-state index contributed by atoms with van der Waals surface area (Å²) in [6.45, 7) is 10.7. The highest BCUT2D eigenvalue weighted by molar-refractivity contribution is 5.93. The van der Waals surface area contributed by atoms with Crippen LogP contribution in [0.25, 0.3) is 22.4 Å². The Morgan fingerprint density at radius 3 is 2.31 bits per heavy atom. The van der Waals surface area contributed by atoms with Gasteiger partial charge in [-0.25, -0.2) is 4.98 Å². The van der Waals surface area contributed by atoms with Crippen LogP contribution in [0.4, 0.5) is 11.4 Å². The minimum atomic E-state index is -0.121. The Balaban J connectivity index is 0.000000449. The third-order valence-electron chi connectivity index (χ3n) is 7.87. The molecule has 1 saturated carbocycles. The Kier molecular flexibility index (Phi) is 11.8. The maximum absolute atomic E-state index is 12.6. The molecule has 2 aromatic carbocycles. The van der Waals surface area contributed by atoms with Gasteiger partial charge in [0.15, 0.2) is 0 Å². The van der Waals surface area contributed by atoms with Crippen LogP contribution in [0.5, 0.6) is 0 Å². The van der Waals surface area contributed by atoms with Crippen LogP contribution in [0.15, 0.2) is 54.6 Å². The number of benzene rings is 2. The summed E-state index contributed by atoms with van der Waals surface area (Å²) < 4.78 is 0. The molecule has 3 atom stereocenters. The maximum Gasteiger partial charge on any atom is 0.227 e. The van der Waals surface area contributed by atoms with Crippen LogP contribution < -0.4 is 10.6 Å². The van der Waals surface area contributed by atoms with E-state index in [9.17, 15) is 9.59 Å². The minimum absolute atomic E-state index is 0.00740. The predicted molar refractivity (Wildman–Crippen MR) is 164 cm³/mol. The van der Waals surface area contributed by atoms with Gasteiger partial charge in [-0.1, -0.05) is 91.7 Å². The van der Waals surface area contributed by atoms with Crippen molar-refractivity contribution in [1.82, 2.24) is 9.97 Å². The number of imidazole rings is 1. The molecular weight excluding hydrogens is 484 g/mol. The molecule has 1 aliphatic carbocycles. The number of nitrogens with zero attached hydrogens (tertiary/aromatic N) is 1. The van der Waals surface area contributed by atoms with Gasteiger partial charge >= 0.3 is 0 Å². The van der Waals surface area contributed by atoms with Gasteiger partial charge in [-0.2, -0.15) is 0 Å². The highest BCUT2D eigenvalue weighted by Gasteiger charge is 2.18. The van der Waals surface area contributed by atoms with E-state index in [-0.39, 0.29) is 17.7 Å². The smallest absolute Gasteiger partial charge is 0.227 e. The number of aromatic nitrogens is 2. The third-order valence-corrected chi connectivity index (χ3v) is 7.87. The first-order valence-corrected chi connectivity index (χ1v) is 14.6. The second-order valence-corrected chi connectivity index (χ2v) is 11.2. The summed E-state index contributed by atoms with van der Waals surface area (Å²) in [6.07, 6.45) is 15.0. The maximum atomic E-state index is 12.6. The predicted octanol–water partition coefficient (Wildman–Crippen LogP) is 8.59. The molecule has 210 valence electrons. The van der Waals surface area contributed by atoms with Crippen molar-refractivity contribution in [3.05, 3.63) is 54.6 Å². The van der Waals surface area contributed by atoms with Crippen LogP contribution in [0.1, 0.15) is 79.6 Å². The lowest BCUT2D eigenvalue weighted by molar-refractivity contribution is -0.120. The number of aromatic amines is 1. The lowest BCUT2D eigenvalue weighted by Gasteiger charge is -2.17. The molecule has 0 aliphatic heterocycles. The highest BCUT2D eigenvalue weighted by atomic mass is 16.2. The molecule has 4 rings (SSSR count). The van der Waals surface area contributed by atoms with Crippen molar-refractivity contribution in [3.8, 4) is 11.4 Å². The van der Waals surface area contributed by atoms with Gasteiger partial charge in [0.25, 0.3) is 0 Å². The van der Waals surface area contributed by atoms with Gasteiger partial charge in [0.2, 0.25) is 12.3 Å². The topological polar surface area (TPSA) is 86.9 Å². The van der Waals surface area contributed by atoms with Crippen molar-refractivity contribution in [2.45, 2.75) is 79.6 Å². The van der Waals surface area contributed by atoms with Crippen molar-refractivity contribution in [3.63, 3.8) is 0 Å². The fourth-order valence-corrected chi connectivity index (χ4v) is 4.66. The van der Waals surface area contributed by atoms with Gasteiger partial charge in [-0.05, 0) is 60.2 Å². The average Bonchev–Trinajstić information content (AvgIpc) is 3.22. The van der Waals surface area contributed by atoms with Gasteiger partial charge in [0.1, 0.15) is 5.82 Å². The Morgan fingerprint density at radius 2 is 1.67 bits per heavy atom. The van der Waals surface area contributed by atoms with E-state index >= 15 is 0 Å². The molecule has 1 heterocycles. The van der Waals surface area contributed by atoms with Gasteiger partial charge in [0, 0.05) is 22.9 Å². The number of allylic oxidation sites excluding steroid dienone is 2. The molecule has 39 heavy (non-hydrogen) atoms. The lowest BCUT2D eigenvalue weighted by atomic mass is 9.93. The van der Waals surface area contributed by atoms with Crippen LogP contribution in [0.3, 0.4) is 0 Å². The second kappa shape index (κ2) is 15.2. The van der Waals surface area contributed by atoms with Crippen LogP contribution in [0, 0.1) is 23.7 Å². The van der Waals surface area contributed by atoms with Gasteiger partial charge in [-0.15, -0.1) is 0 Å². The molecule has 1 aliphatic rings. The summed E-state index contributed by atoms with van der Waals surface area (Å²) in [5.74, 6) is 2.34. The molecule has 0 spiro atoms. The molecule has 0 saturated heterocycles. The first-order valence-electron chi connectivity index (χ1n) is 14.6. The standard InChI is InChI=1S/C25H30N4O2.C8H16/c1-5-16(2)6-7-17(3)18(4)25(31)27-20-10-8-19(9-11-20)24-28-22-13-12-21(26-15-30)14-23(22)29-24;1-8-6-4-2-3-5-7-8/h6-18H,5H2,1-4H3,(H,26,30)(H,27,31)(H,28,29);8H,2-7H2,1H3/b7-6-;. The molecule has 0 bridgehead atoms. The van der Waals surface area contributed by atoms with E-state index in [0.717, 1.165) is 40.4 Å². The summed E-state index contributed by atoms with van der Waals surface area (Å²) in [5, 5.41) is 5.64. The average molecular weight is 531 g/mol. The van der Waals surface area contributed by atoms with Crippen molar-refractivity contribution >= 4 is 34.7 Å². The molecule has 1 aromatic heterocycles. The monoisotopic (exact) mass is 530 g/mol. The molecule has 2 amide bonds. The van der Waals surface area contributed by atoms with Crippen LogP contribution in [-0.2, 0) is 9.59 Å². The zero-order chi connectivity index (χ0) is 28.2.